The molecule has 0 aliphatic rings. The Kier molecular flexibility index (Phi) is 3.03. The number of aromatic amines is 1. The van der Waals surface area contributed by atoms with Gasteiger partial charge in [0.2, 0.25) is 0 Å². The molecular weight excluding hydrogens is 306 g/mol. The Labute approximate surface area is 118 Å². The number of nitrogens with one attached hydrogen (secondary N) is 1. The average Bonchev–Trinajstić information content (AvgIpc) is 3.05. The fourth-order valence-corrected chi connectivity index (χ4v) is 2.86. The van der Waals surface area contributed by atoms with Crippen molar-refractivity contribution in [2.45, 2.75) is 13.3 Å². The molecule has 3 aromatic rings. The van der Waals surface area contributed by atoms with E-state index in [0.717, 1.165) is 21.1 Å². The maximum atomic E-state index is 12.6. The van der Waals surface area contributed by atoms with Crippen molar-refractivity contribution in [2.75, 3.05) is 0 Å². The van der Waals surface area contributed by atoms with E-state index in [-0.39, 0.29) is 5.78 Å². The van der Waals surface area contributed by atoms with Crippen LogP contribution in [0, 0.1) is 0 Å². The van der Waals surface area contributed by atoms with Crippen LogP contribution >= 0.6 is 15.9 Å². The van der Waals surface area contributed by atoms with Gasteiger partial charge in [0, 0.05) is 33.6 Å². The summed E-state index contributed by atoms with van der Waals surface area (Å²) in [5, 5.41) is 0.913. The van der Waals surface area contributed by atoms with Crippen molar-refractivity contribution < 1.29 is 9.21 Å². The Morgan fingerprint density at radius 1 is 1.32 bits per heavy atom. The van der Waals surface area contributed by atoms with Gasteiger partial charge in [-0.05, 0) is 18.2 Å². The van der Waals surface area contributed by atoms with Crippen LogP contribution in [0.1, 0.15) is 28.6 Å². The molecule has 3 nitrogen and oxygen atoms in total. The molecule has 0 spiro atoms. The average molecular weight is 318 g/mol. The quantitative estimate of drug-likeness (QED) is 0.731. The van der Waals surface area contributed by atoms with E-state index < -0.39 is 0 Å². The van der Waals surface area contributed by atoms with Crippen molar-refractivity contribution in [3.63, 3.8) is 0 Å². The normalized spacial score (nSPS) is 11.1. The van der Waals surface area contributed by atoms with Crippen LogP contribution in [0.4, 0.5) is 0 Å². The highest BCUT2D eigenvalue weighted by atomic mass is 79.9. The van der Waals surface area contributed by atoms with Crippen molar-refractivity contribution in [3.8, 4) is 0 Å². The summed E-state index contributed by atoms with van der Waals surface area (Å²) in [6, 6.07) is 7.55. The standard InChI is InChI=1S/C15H12BrNO2/c1-2-13-9(6-7-19-13)15(18)10-8-17-12-5-3-4-11(16)14(10)12/h3-8,17H,2H2,1H3. The molecule has 1 N–H and O–H groups in total. The summed E-state index contributed by atoms with van der Waals surface area (Å²) >= 11 is 3.50. The van der Waals surface area contributed by atoms with E-state index in [1.165, 1.54) is 0 Å². The molecule has 0 amide bonds. The van der Waals surface area contributed by atoms with Crippen LogP contribution < -0.4 is 0 Å². The molecule has 0 radical (unpaired) electrons. The predicted molar refractivity (Wildman–Crippen MR) is 77.5 cm³/mol. The number of furan rings is 1. The van der Waals surface area contributed by atoms with Crippen molar-refractivity contribution in [2.24, 2.45) is 0 Å². The van der Waals surface area contributed by atoms with Gasteiger partial charge in [-0.3, -0.25) is 4.79 Å². The minimum Gasteiger partial charge on any atom is -0.469 e. The molecule has 0 atom stereocenters. The lowest BCUT2D eigenvalue weighted by molar-refractivity contribution is 0.103. The zero-order chi connectivity index (χ0) is 13.4. The number of aromatic nitrogens is 1. The lowest BCUT2D eigenvalue weighted by Gasteiger charge is -2.01. The molecule has 1 aromatic carbocycles. The maximum absolute atomic E-state index is 12.6. The van der Waals surface area contributed by atoms with Crippen molar-refractivity contribution in [1.82, 2.24) is 4.98 Å². The Morgan fingerprint density at radius 3 is 2.95 bits per heavy atom. The summed E-state index contributed by atoms with van der Waals surface area (Å²) < 4.78 is 6.25. The Hall–Kier alpha value is -1.81. The molecule has 0 aliphatic heterocycles. The third-order valence-corrected chi connectivity index (χ3v) is 3.87. The number of carbonyl (C=O) groups excluding carboxylic acids is 1. The SMILES string of the molecule is CCc1occc1C(=O)c1c[nH]c2cccc(Br)c12. The lowest BCUT2D eigenvalue weighted by atomic mass is 10.0. The maximum Gasteiger partial charge on any atom is 0.198 e. The number of halogens is 1. The molecule has 0 saturated heterocycles. The van der Waals surface area contributed by atoms with Crippen molar-refractivity contribution in [1.29, 1.82) is 0 Å². The summed E-state index contributed by atoms with van der Waals surface area (Å²) in [7, 11) is 0. The topological polar surface area (TPSA) is 46.0 Å². The first-order chi connectivity index (χ1) is 9.22. The number of ketones is 1. The van der Waals surface area contributed by atoms with Gasteiger partial charge in [0.25, 0.3) is 0 Å². The van der Waals surface area contributed by atoms with Gasteiger partial charge >= 0.3 is 0 Å². The van der Waals surface area contributed by atoms with Gasteiger partial charge in [-0.15, -0.1) is 0 Å². The number of rotatable bonds is 3. The van der Waals surface area contributed by atoms with Crippen LogP contribution in [-0.2, 0) is 6.42 Å². The van der Waals surface area contributed by atoms with Crippen LogP contribution in [-0.4, -0.2) is 10.8 Å². The number of aryl methyl sites for hydroxylation is 1. The largest absolute Gasteiger partial charge is 0.469 e. The molecule has 0 unspecified atom stereocenters. The van der Waals surface area contributed by atoms with Crippen LogP contribution in [0.2, 0.25) is 0 Å². The highest BCUT2D eigenvalue weighted by molar-refractivity contribution is 9.10. The van der Waals surface area contributed by atoms with Crippen molar-refractivity contribution >= 4 is 32.6 Å². The number of benzene rings is 1. The predicted octanol–water partition coefficient (Wildman–Crippen LogP) is 4.32. The number of H-pyrrole nitrogens is 1. The summed E-state index contributed by atoms with van der Waals surface area (Å²) in [5.41, 5.74) is 2.25. The molecule has 0 bridgehead atoms. The lowest BCUT2D eigenvalue weighted by Crippen LogP contribution is -2.02. The smallest absolute Gasteiger partial charge is 0.198 e. The second kappa shape index (κ2) is 4.70. The van der Waals surface area contributed by atoms with E-state index in [0.29, 0.717) is 17.5 Å². The number of hydrogen-bond acceptors (Lipinski definition) is 2. The molecule has 2 aromatic heterocycles. The first-order valence-corrected chi connectivity index (χ1v) is 6.88. The highest BCUT2D eigenvalue weighted by Gasteiger charge is 2.19. The molecule has 96 valence electrons. The first-order valence-electron chi connectivity index (χ1n) is 6.09. The van der Waals surface area contributed by atoms with Crippen LogP contribution in [0.25, 0.3) is 10.9 Å². The molecule has 3 rings (SSSR count). The molecule has 2 heterocycles. The van der Waals surface area contributed by atoms with Crippen LogP contribution in [0.3, 0.4) is 0 Å². The van der Waals surface area contributed by atoms with Crippen LogP contribution in [0.15, 0.2) is 45.6 Å². The molecule has 4 heteroatoms. The summed E-state index contributed by atoms with van der Waals surface area (Å²) in [5.74, 6) is 0.718. The molecular formula is C15H12BrNO2. The van der Waals surface area contributed by atoms with E-state index >= 15 is 0 Å². The third-order valence-electron chi connectivity index (χ3n) is 3.21. The first kappa shape index (κ1) is 12.2. The highest BCUT2D eigenvalue weighted by Crippen LogP contribution is 2.29. The summed E-state index contributed by atoms with van der Waals surface area (Å²) in [6.07, 6.45) is 4.03. The summed E-state index contributed by atoms with van der Waals surface area (Å²) in [4.78, 5) is 15.7. The van der Waals surface area contributed by atoms with E-state index in [1.54, 1.807) is 18.5 Å². The minimum absolute atomic E-state index is 0.0104. The Morgan fingerprint density at radius 2 is 2.16 bits per heavy atom. The Bertz CT molecular complexity index is 754. The fourth-order valence-electron chi connectivity index (χ4n) is 2.28. The number of carbonyl (C=O) groups is 1. The van der Waals surface area contributed by atoms with Gasteiger partial charge in [-0.2, -0.15) is 0 Å². The molecule has 0 fully saturated rings. The second-order valence-electron chi connectivity index (χ2n) is 4.30. The van der Waals surface area contributed by atoms with Gasteiger partial charge in [0.15, 0.2) is 5.78 Å². The van der Waals surface area contributed by atoms with E-state index in [4.69, 9.17) is 4.42 Å². The molecule has 19 heavy (non-hydrogen) atoms. The second-order valence-corrected chi connectivity index (χ2v) is 5.16. The van der Waals surface area contributed by atoms with Gasteiger partial charge in [-0.25, -0.2) is 0 Å². The number of fused-ring (bicyclic) bond motifs is 1. The molecule has 0 saturated carbocycles. The van der Waals surface area contributed by atoms with Gasteiger partial charge < -0.3 is 9.40 Å². The Balaban J connectivity index is 2.17. The van der Waals surface area contributed by atoms with E-state index in [9.17, 15) is 4.79 Å². The fraction of sp³-hybridized carbons (Fsp3) is 0.133. The van der Waals surface area contributed by atoms with E-state index in [1.807, 2.05) is 25.1 Å². The zero-order valence-electron chi connectivity index (χ0n) is 10.4. The number of hydrogen-bond donors (Lipinski definition) is 1. The van der Waals surface area contributed by atoms with Gasteiger partial charge in [0.05, 0.1) is 11.8 Å². The van der Waals surface area contributed by atoms with Gasteiger partial charge in [0.1, 0.15) is 5.76 Å². The molecule has 0 aliphatic carbocycles. The summed E-state index contributed by atoms with van der Waals surface area (Å²) in [6.45, 7) is 1.97. The van der Waals surface area contributed by atoms with Crippen molar-refractivity contribution in [3.05, 3.63) is 58.1 Å². The van der Waals surface area contributed by atoms with Crippen LogP contribution in [0.5, 0.6) is 0 Å². The monoisotopic (exact) mass is 317 g/mol. The van der Waals surface area contributed by atoms with Gasteiger partial charge in [-0.1, -0.05) is 28.9 Å². The third kappa shape index (κ3) is 1.92. The minimum atomic E-state index is -0.0104. The zero-order valence-corrected chi connectivity index (χ0v) is 12.0. The van der Waals surface area contributed by atoms with E-state index in [2.05, 4.69) is 20.9 Å².